The molecule has 1 heterocycles. The van der Waals surface area contributed by atoms with Crippen LogP contribution in [0.25, 0.3) is 0 Å². The molecule has 0 bridgehead atoms. The average molecular weight is 341 g/mol. The zero-order valence-corrected chi connectivity index (χ0v) is 15.0. The molecule has 1 unspecified atom stereocenters. The molecule has 0 aromatic heterocycles. The predicted molar refractivity (Wildman–Crippen MR) is 101 cm³/mol. The zero-order valence-electron chi connectivity index (χ0n) is 15.0. The maximum atomic E-state index is 10.3. The molecule has 5 heteroatoms. The molecule has 1 aromatic rings. The molecule has 0 radical (unpaired) electrons. The van der Waals surface area contributed by atoms with Gasteiger partial charge in [-0.05, 0) is 38.2 Å². The summed E-state index contributed by atoms with van der Waals surface area (Å²) in [5.74, 6) is 0.958. The Hall–Kier alpha value is -2.14. The lowest BCUT2D eigenvalue weighted by Crippen LogP contribution is -2.34. The maximum absolute atomic E-state index is 10.3. The van der Waals surface area contributed by atoms with Crippen molar-refractivity contribution in [2.75, 3.05) is 6.54 Å². The number of aliphatic hydroxyl groups excluding tert-OH is 1. The van der Waals surface area contributed by atoms with Crippen LogP contribution in [0.4, 0.5) is 0 Å². The summed E-state index contributed by atoms with van der Waals surface area (Å²) in [6.07, 6.45) is 5.38. The molecule has 1 saturated carbocycles. The second-order valence-electron chi connectivity index (χ2n) is 6.74. The summed E-state index contributed by atoms with van der Waals surface area (Å²) in [7, 11) is 0. The topological polar surface area (TPSA) is 80.2 Å². The number of hydrogen-bond donors (Lipinski definition) is 2. The summed E-state index contributed by atoms with van der Waals surface area (Å²) < 4.78 is 5.55. The summed E-state index contributed by atoms with van der Waals surface area (Å²) in [6.45, 7) is 4.20. The first-order valence-electron chi connectivity index (χ1n) is 9.15. The van der Waals surface area contributed by atoms with Gasteiger partial charge in [0.1, 0.15) is 11.4 Å². The highest BCUT2D eigenvalue weighted by Gasteiger charge is 2.28. The fraction of sp³-hybridized carbons (Fsp3) is 0.500. The minimum Gasteiger partial charge on any atom is -0.440 e. The Kier molecular flexibility index (Phi) is 5.53. The lowest BCUT2D eigenvalue weighted by atomic mass is 9.84. The van der Waals surface area contributed by atoms with Crippen LogP contribution in [0.3, 0.4) is 0 Å². The smallest absolute Gasteiger partial charge is 0.243 e. The Morgan fingerprint density at radius 3 is 2.52 bits per heavy atom. The highest BCUT2D eigenvalue weighted by molar-refractivity contribution is 6.10. The van der Waals surface area contributed by atoms with Crippen molar-refractivity contribution >= 4 is 11.6 Å². The van der Waals surface area contributed by atoms with Crippen molar-refractivity contribution in [1.29, 1.82) is 0 Å². The van der Waals surface area contributed by atoms with Gasteiger partial charge in [-0.3, -0.25) is 4.99 Å². The van der Waals surface area contributed by atoms with Crippen LogP contribution < -0.4 is 5.73 Å². The predicted octanol–water partition coefficient (Wildman–Crippen LogP) is 3.48. The van der Waals surface area contributed by atoms with Gasteiger partial charge in [-0.15, -0.1) is 0 Å². The fourth-order valence-corrected chi connectivity index (χ4v) is 3.52. The molecule has 0 spiro atoms. The Morgan fingerprint density at radius 1 is 1.24 bits per heavy atom. The minimum atomic E-state index is -1.13. The van der Waals surface area contributed by atoms with E-state index in [1.165, 1.54) is 37.7 Å². The number of nitrogens with zero attached hydrogens (tertiary/aromatic N) is 2. The Labute approximate surface area is 149 Å². The molecule has 1 aliphatic carbocycles. The number of hydrogen-bond acceptors (Lipinski definition) is 5. The molecule has 5 nitrogen and oxygen atoms in total. The molecule has 25 heavy (non-hydrogen) atoms. The number of nitrogens with two attached hydrogens (primary N) is 1. The van der Waals surface area contributed by atoms with Gasteiger partial charge in [0.2, 0.25) is 12.2 Å². The van der Waals surface area contributed by atoms with Crippen molar-refractivity contribution in [2.45, 2.75) is 58.2 Å². The van der Waals surface area contributed by atoms with E-state index in [1.807, 2.05) is 19.1 Å². The van der Waals surface area contributed by atoms with Gasteiger partial charge >= 0.3 is 0 Å². The molecule has 3 N–H and O–H groups in total. The van der Waals surface area contributed by atoms with Gasteiger partial charge in [0.15, 0.2) is 0 Å². The first-order valence-corrected chi connectivity index (χ1v) is 9.15. The van der Waals surface area contributed by atoms with Gasteiger partial charge in [0, 0.05) is 17.8 Å². The van der Waals surface area contributed by atoms with E-state index in [0.717, 1.165) is 5.56 Å². The fourth-order valence-electron chi connectivity index (χ4n) is 3.52. The third-order valence-electron chi connectivity index (χ3n) is 4.85. The molecule has 0 saturated heterocycles. The number of aliphatic imine (C=N–C) groups is 2. The van der Waals surface area contributed by atoms with Gasteiger partial charge < -0.3 is 15.6 Å². The highest BCUT2D eigenvalue weighted by atomic mass is 16.6. The quantitative estimate of drug-likeness (QED) is 0.883. The lowest BCUT2D eigenvalue weighted by molar-refractivity contribution is 0.0289. The van der Waals surface area contributed by atoms with E-state index in [2.05, 4.69) is 22.1 Å². The van der Waals surface area contributed by atoms with E-state index in [9.17, 15) is 5.11 Å². The summed E-state index contributed by atoms with van der Waals surface area (Å²) in [5, 5.41) is 10.3. The van der Waals surface area contributed by atoms with Crippen molar-refractivity contribution in [3.05, 3.63) is 46.8 Å². The van der Waals surface area contributed by atoms with Gasteiger partial charge in [-0.2, -0.15) is 0 Å². The molecule has 134 valence electrons. The van der Waals surface area contributed by atoms with Crippen molar-refractivity contribution < 1.29 is 9.84 Å². The van der Waals surface area contributed by atoms with Gasteiger partial charge in [-0.1, -0.05) is 43.5 Å². The molecule has 1 aromatic carbocycles. The lowest BCUT2D eigenvalue weighted by Gasteiger charge is -2.25. The van der Waals surface area contributed by atoms with Gasteiger partial charge in [0.25, 0.3) is 0 Å². The van der Waals surface area contributed by atoms with Crippen molar-refractivity contribution in [2.24, 2.45) is 15.7 Å². The van der Waals surface area contributed by atoms with E-state index in [4.69, 9.17) is 10.5 Å². The summed E-state index contributed by atoms with van der Waals surface area (Å²) in [5.41, 5.74) is 9.64. The van der Waals surface area contributed by atoms with E-state index in [-0.39, 0.29) is 0 Å². The molecule has 0 amide bonds. The molecule has 3 rings (SSSR count). The van der Waals surface area contributed by atoms with Crippen LogP contribution >= 0.6 is 0 Å². The summed E-state index contributed by atoms with van der Waals surface area (Å²) >= 11 is 0. The maximum Gasteiger partial charge on any atom is 0.243 e. The Morgan fingerprint density at radius 2 is 1.92 bits per heavy atom. The van der Waals surface area contributed by atoms with Crippen LogP contribution in [0.1, 0.15) is 63.0 Å². The van der Waals surface area contributed by atoms with E-state index in [0.29, 0.717) is 35.5 Å². The number of ether oxygens (including phenoxy) is 1. The number of allylic oxidation sites excluding steroid dienone is 1. The van der Waals surface area contributed by atoms with Crippen LogP contribution in [0.15, 0.2) is 45.6 Å². The van der Waals surface area contributed by atoms with E-state index in [1.54, 1.807) is 6.92 Å². The number of rotatable bonds is 3. The third kappa shape index (κ3) is 3.93. The first kappa shape index (κ1) is 17.7. The second kappa shape index (κ2) is 7.83. The van der Waals surface area contributed by atoms with E-state index >= 15 is 0 Å². The SMILES string of the molecule is CCN=C1OC(O)C(c2ccc(C3CCCCC3)cc2)=N/C1=C(/C)N. The van der Waals surface area contributed by atoms with Crippen molar-refractivity contribution in [3.63, 3.8) is 0 Å². The monoisotopic (exact) mass is 341 g/mol. The molecule has 1 atom stereocenters. The van der Waals surface area contributed by atoms with Crippen LogP contribution in [0, 0.1) is 0 Å². The first-order chi connectivity index (χ1) is 12.1. The largest absolute Gasteiger partial charge is 0.440 e. The van der Waals surface area contributed by atoms with E-state index < -0.39 is 6.29 Å². The highest BCUT2D eigenvalue weighted by Crippen LogP contribution is 2.32. The van der Waals surface area contributed by atoms with Crippen molar-refractivity contribution in [1.82, 2.24) is 0 Å². The second-order valence-corrected chi connectivity index (χ2v) is 6.74. The summed E-state index contributed by atoms with van der Waals surface area (Å²) in [4.78, 5) is 8.77. The van der Waals surface area contributed by atoms with Gasteiger partial charge in [0.05, 0.1) is 0 Å². The molecule has 2 aliphatic rings. The van der Waals surface area contributed by atoms with Crippen LogP contribution in [0.2, 0.25) is 0 Å². The number of benzene rings is 1. The average Bonchev–Trinajstić information content (AvgIpc) is 2.63. The zero-order chi connectivity index (χ0) is 17.8. The number of aliphatic hydroxyl groups is 1. The normalized spacial score (nSPS) is 25.5. The molecular formula is C20H27N3O2. The molecular weight excluding hydrogens is 314 g/mol. The Balaban J connectivity index is 1.88. The van der Waals surface area contributed by atoms with Crippen LogP contribution in [-0.4, -0.2) is 29.6 Å². The van der Waals surface area contributed by atoms with Crippen LogP contribution in [-0.2, 0) is 4.74 Å². The van der Waals surface area contributed by atoms with Crippen LogP contribution in [0.5, 0.6) is 0 Å². The Bertz CT molecular complexity index is 694. The molecule has 1 aliphatic heterocycles. The standard InChI is InChI=1S/C20H27N3O2/c1-3-22-19-17(13(2)21)23-18(20(24)25-19)16-11-9-15(10-12-16)14-7-5-4-6-8-14/h9-12,14,20,24H,3-8,21H2,1-2H3/b17-13-,22-19?. The minimum absolute atomic E-state index is 0.303. The summed E-state index contributed by atoms with van der Waals surface area (Å²) in [6, 6.07) is 8.32. The van der Waals surface area contributed by atoms with Gasteiger partial charge in [-0.25, -0.2) is 4.99 Å². The van der Waals surface area contributed by atoms with Crippen molar-refractivity contribution in [3.8, 4) is 0 Å². The third-order valence-corrected chi connectivity index (χ3v) is 4.85. The molecule has 1 fully saturated rings.